The summed E-state index contributed by atoms with van der Waals surface area (Å²) in [5.41, 5.74) is 3.49. The van der Waals surface area contributed by atoms with Crippen LogP contribution < -0.4 is 4.90 Å². The minimum atomic E-state index is 0.559. The van der Waals surface area contributed by atoms with Gasteiger partial charge in [-0.25, -0.2) is 0 Å². The van der Waals surface area contributed by atoms with Crippen molar-refractivity contribution < 1.29 is 9.26 Å². The first-order chi connectivity index (χ1) is 11.8. The van der Waals surface area contributed by atoms with Crippen LogP contribution in [0.3, 0.4) is 0 Å². The van der Waals surface area contributed by atoms with Crippen molar-refractivity contribution in [3.8, 4) is 11.1 Å². The number of rotatable bonds is 7. The molecule has 0 aliphatic carbocycles. The second kappa shape index (κ2) is 7.75. The Hall–Kier alpha value is -2.66. The van der Waals surface area contributed by atoms with Crippen molar-refractivity contribution in [2.24, 2.45) is 0 Å². The third-order valence-corrected chi connectivity index (χ3v) is 3.81. The summed E-state index contributed by atoms with van der Waals surface area (Å²) in [5.74, 6) is 1.28. The first kappa shape index (κ1) is 16.2. The first-order valence-corrected chi connectivity index (χ1v) is 7.94. The molecule has 0 aliphatic heterocycles. The Bertz CT molecular complexity index is 771. The molecule has 0 atom stereocenters. The van der Waals surface area contributed by atoms with Crippen molar-refractivity contribution in [1.29, 1.82) is 0 Å². The van der Waals surface area contributed by atoms with E-state index in [9.17, 15) is 0 Å². The number of ether oxygens (including phenoxy) is 1. The molecule has 3 rings (SSSR count). The number of hydrogen-bond donors (Lipinski definition) is 0. The molecular weight excluding hydrogens is 302 g/mol. The van der Waals surface area contributed by atoms with E-state index in [0.29, 0.717) is 31.3 Å². The predicted molar refractivity (Wildman–Crippen MR) is 93.9 cm³/mol. The van der Waals surface area contributed by atoms with Gasteiger partial charge in [0.15, 0.2) is 5.82 Å². The van der Waals surface area contributed by atoms with Crippen molar-refractivity contribution in [1.82, 2.24) is 10.1 Å². The number of aromatic nitrogens is 2. The smallest absolute Gasteiger partial charge is 0.246 e. The van der Waals surface area contributed by atoms with Crippen molar-refractivity contribution in [3.05, 3.63) is 66.3 Å². The highest BCUT2D eigenvalue weighted by Crippen LogP contribution is 2.30. The van der Waals surface area contributed by atoms with Crippen LogP contribution in [0.5, 0.6) is 0 Å². The van der Waals surface area contributed by atoms with Gasteiger partial charge >= 0.3 is 0 Å². The zero-order valence-electron chi connectivity index (χ0n) is 14.0. The van der Waals surface area contributed by atoms with Crippen LogP contribution in [0.25, 0.3) is 11.1 Å². The maximum Gasteiger partial charge on any atom is 0.246 e. The molecule has 5 nitrogen and oxygen atoms in total. The fourth-order valence-corrected chi connectivity index (χ4v) is 2.61. The molecule has 0 spiro atoms. The van der Waals surface area contributed by atoms with Crippen LogP contribution in [0.15, 0.2) is 59.1 Å². The molecule has 0 fully saturated rings. The fourth-order valence-electron chi connectivity index (χ4n) is 2.61. The highest BCUT2D eigenvalue weighted by atomic mass is 16.5. The standard InChI is InChI=1S/C19H21N3O2/c1-22(14-19-20-18(21-24-19)12-13-23-2)17-11-7-6-10-16(17)15-8-4-3-5-9-15/h3-11H,12-14H2,1-2H3. The molecule has 5 heteroatoms. The van der Waals surface area contributed by atoms with Crippen LogP contribution in [0.4, 0.5) is 5.69 Å². The molecule has 0 amide bonds. The normalized spacial score (nSPS) is 10.8. The van der Waals surface area contributed by atoms with Crippen molar-refractivity contribution in [2.45, 2.75) is 13.0 Å². The summed E-state index contributed by atoms with van der Waals surface area (Å²) in [6, 6.07) is 18.7. The molecule has 0 unspecified atom stereocenters. The molecule has 0 saturated carbocycles. The van der Waals surface area contributed by atoms with Crippen molar-refractivity contribution in [2.75, 3.05) is 25.7 Å². The van der Waals surface area contributed by atoms with Gasteiger partial charge in [0.1, 0.15) is 0 Å². The van der Waals surface area contributed by atoms with Gasteiger partial charge in [-0.15, -0.1) is 0 Å². The van der Waals surface area contributed by atoms with Gasteiger partial charge in [-0.3, -0.25) is 0 Å². The third kappa shape index (κ3) is 3.81. The van der Waals surface area contributed by atoms with Gasteiger partial charge < -0.3 is 14.2 Å². The summed E-state index contributed by atoms with van der Waals surface area (Å²) in [4.78, 5) is 6.54. The average Bonchev–Trinajstić information content (AvgIpc) is 3.08. The summed E-state index contributed by atoms with van der Waals surface area (Å²) in [5, 5.41) is 3.99. The molecule has 24 heavy (non-hydrogen) atoms. The topological polar surface area (TPSA) is 51.4 Å². The van der Waals surface area contributed by atoms with Crippen LogP contribution in [-0.4, -0.2) is 30.9 Å². The monoisotopic (exact) mass is 323 g/mol. The lowest BCUT2D eigenvalue weighted by Crippen LogP contribution is -2.17. The van der Waals surface area contributed by atoms with Crippen LogP contribution in [0, 0.1) is 0 Å². The SMILES string of the molecule is COCCc1noc(CN(C)c2ccccc2-c2ccccc2)n1. The number of nitrogens with zero attached hydrogens (tertiary/aromatic N) is 3. The van der Waals surface area contributed by atoms with Crippen LogP contribution >= 0.6 is 0 Å². The molecular formula is C19H21N3O2. The lowest BCUT2D eigenvalue weighted by Gasteiger charge is -2.20. The summed E-state index contributed by atoms with van der Waals surface area (Å²) >= 11 is 0. The van der Waals surface area contributed by atoms with Gasteiger partial charge in [0.05, 0.1) is 13.2 Å². The zero-order valence-corrected chi connectivity index (χ0v) is 14.0. The first-order valence-electron chi connectivity index (χ1n) is 7.94. The molecule has 3 aromatic rings. The van der Waals surface area contributed by atoms with E-state index < -0.39 is 0 Å². The summed E-state index contributed by atoms with van der Waals surface area (Å²) < 4.78 is 10.4. The van der Waals surface area contributed by atoms with E-state index in [2.05, 4.69) is 45.4 Å². The lowest BCUT2D eigenvalue weighted by atomic mass is 10.0. The fraction of sp³-hybridized carbons (Fsp3) is 0.263. The van der Waals surface area contributed by atoms with E-state index in [0.717, 1.165) is 5.69 Å². The van der Waals surface area contributed by atoms with Crippen LogP contribution in [0.1, 0.15) is 11.7 Å². The maximum absolute atomic E-state index is 5.34. The van der Waals surface area contributed by atoms with E-state index in [-0.39, 0.29) is 0 Å². The molecule has 0 radical (unpaired) electrons. The van der Waals surface area contributed by atoms with Crippen molar-refractivity contribution >= 4 is 5.69 Å². The predicted octanol–water partition coefficient (Wildman–Crippen LogP) is 3.56. The molecule has 1 aromatic heterocycles. The quantitative estimate of drug-likeness (QED) is 0.665. The Morgan fingerprint density at radius 2 is 1.79 bits per heavy atom. The number of methoxy groups -OCH3 is 1. The van der Waals surface area contributed by atoms with Gasteiger partial charge in [-0.2, -0.15) is 4.98 Å². The van der Waals surface area contributed by atoms with Gasteiger partial charge in [-0.1, -0.05) is 53.7 Å². The van der Waals surface area contributed by atoms with E-state index >= 15 is 0 Å². The largest absolute Gasteiger partial charge is 0.384 e. The minimum absolute atomic E-state index is 0.559. The van der Waals surface area contributed by atoms with Gasteiger partial charge in [0.25, 0.3) is 0 Å². The molecule has 2 aromatic carbocycles. The zero-order chi connectivity index (χ0) is 16.8. The average molecular weight is 323 g/mol. The highest BCUT2D eigenvalue weighted by Gasteiger charge is 2.13. The summed E-state index contributed by atoms with van der Waals surface area (Å²) in [7, 11) is 3.69. The summed E-state index contributed by atoms with van der Waals surface area (Å²) in [6.07, 6.45) is 0.657. The lowest BCUT2D eigenvalue weighted by molar-refractivity contribution is 0.199. The second-order valence-electron chi connectivity index (χ2n) is 5.59. The number of benzene rings is 2. The van der Waals surface area contributed by atoms with E-state index in [1.807, 2.05) is 31.3 Å². The highest BCUT2D eigenvalue weighted by molar-refractivity contribution is 5.78. The molecule has 0 bridgehead atoms. The van der Waals surface area contributed by atoms with E-state index in [1.54, 1.807) is 7.11 Å². The van der Waals surface area contributed by atoms with Crippen molar-refractivity contribution in [3.63, 3.8) is 0 Å². The molecule has 124 valence electrons. The Labute approximate surface area is 141 Å². The Morgan fingerprint density at radius 3 is 2.58 bits per heavy atom. The molecule has 1 heterocycles. The Morgan fingerprint density at radius 1 is 1.04 bits per heavy atom. The van der Waals surface area contributed by atoms with Gasteiger partial charge in [-0.05, 0) is 11.6 Å². The molecule has 0 saturated heterocycles. The van der Waals surface area contributed by atoms with Crippen LogP contribution in [0.2, 0.25) is 0 Å². The van der Waals surface area contributed by atoms with E-state index in [1.165, 1.54) is 11.1 Å². The molecule has 0 aliphatic rings. The van der Waals surface area contributed by atoms with E-state index in [4.69, 9.17) is 9.26 Å². The number of para-hydroxylation sites is 1. The summed E-state index contributed by atoms with van der Waals surface area (Å²) in [6.45, 7) is 1.15. The maximum atomic E-state index is 5.34. The Kier molecular flexibility index (Phi) is 5.23. The minimum Gasteiger partial charge on any atom is -0.384 e. The van der Waals surface area contributed by atoms with Gasteiger partial charge in [0.2, 0.25) is 5.89 Å². The number of anilines is 1. The molecule has 0 N–H and O–H groups in total. The van der Waals surface area contributed by atoms with Gasteiger partial charge in [0, 0.05) is 31.8 Å². The van der Waals surface area contributed by atoms with Crippen LogP contribution in [-0.2, 0) is 17.7 Å². The third-order valence-electron chi connectivity index (χ3n) is 3.81. The Balaban J connectivity index is 1.78. The number of hydrogen-bond acceptors (Lipinski definition) is 5. The second-order valence-corrected chi connectivity index (χ2v) is 5.59.